The van der Waals surface area contributed by atoms with Gasteiger partial charge in [0.1, 0.15) is 11.4 Å². The number of nitrogens with zero attached hydrogens (tertiary/aromatic N) is 5. The number of amides is 1. The number of ether oxygens (including phenoxy) is 1. The normalized spacial score (nSPS) is 11.6. The van der Waals surface area contributed by atoms with E-state index in [1.807, 2.05) is 13.1 Å². The molecule has 0 aliphatic heterocycles. The molecule has 0 aliphatic carbocycles. The van der Waals surface area contributed by atoms with E-state index in [-0.39, 0.29) is 18.1 Å². The number of aromatic nitrogens is 5. The highest BCUT2D eigenvalue weighted by molar-refractivity contribution is 7.89. The number of anilines is 1. The Bertz CT molecular complexity index is 1160. The number of imidazole rings is 1. The van der Waals surface area contributed by atoms with E-state index in [1.54, 1.807) is 24.4 Å². The minimum atomic E-state index is -3.87. The molecule has 3 aromatic heterocycles. The van der Waals surface area contributed by atoms with Crippen LogP contribution in [0.5, 0.6) is 5.88 Å². The quantitative estimate of drug-likeness (QED) is 0.571. The fourth-order valence-electron chi connectivity index (χ4n) is 2.49. The molecule has 0 spiro atoms. The fourth-order valence-corrected chi connectivity index (χ4v) is 3.07. The van der Waals surface area contributed by atoms with Gasteiger partial charge in [0.05, 0.1) is 24.2 Å². The Kier molecular flexibility index (Phi) is 5.25. The molecule has 0 saturated heterocycles. The summed E-state index contributed by atoms with van der Waals surface area (Å²) in [6, 6.07) is 0. The van der Waals surface area contributed by atoms with E-state index in [0.29, 0.717) is 17.2 Å². The number of aryl methyl sites for hydroxylation is 2. The van der Waals surface area contributed by atoms with Gasteiger partial charge in [-0.2, -0.15) is 4.98 Å². The minimum Gasteiger partial charge on any atom is -0.477 e. The number of carbonyl (C=O) groups is 1. The summed E-state index contributed by atoms with van der Waals surface area (Å²) in [5.41, 5.74) is 2.14. The Morgan fingerprint density at radius 3 is 2.64 bits per heavy atom. The van der Waals surface area contributed by atoms with Gasteiger partial charge >= 0.3 is 0 Å². The summed E-state index contributed by atoms with van der Waals surface area (Å²) in [4.78, 5) is 29.0. The van der Waals surface area contributed by atoms with Crippen LogP contribution in [0.2, 0.25) is 0 Å². The van der Waals surface area contributed by atoms with Gasteiger partial charge in [-0.15, -0.1) is 0 Å². The molecule has 0 atom stereocenters. The van der Waals surface area contributed by atoms with Crippen molar-refractivity contribution < 1.29 is 17.9 Å². The van der Waals surface area contributed by atoms with Crippen LogP contribution in [0.4, 0.5) is 5.82 Å². The zero-order chi connectivity index (χ0) is 20.5. The van der Waals surface area contributed by atoms with Crippen molar-refractivity contribution in [3.63, 3.8) is 0 Å². The molecule has 0 aromatic carbocycles. The first kappa shape index (κ1) is 19.6. The van der Waals surface area contributed by atoms with E-state index in [2.05, 4.69) is 30.0 Å². The third kappa shape index (κ3) is 3.77. The first-order chi connectivity index (χ1) is 13.2. The number of rotatable bonds is 6. The molecule has 2 N–H and O–H groups in total. The van der Waals surface area contributed by atoms with Gasteiger partial charge in [-0.1, -0.05) is 0 Å². The van der Waals surface area contributed by atoms with Crippen LogP contribution in [0.3, 0.4) is 0 Å². The SMILES string of the molecule is CCOc1nc(S(=O)(=O)NC)ncc1C(=O)Nc1cn2cc(C)nc2c(C)n1. The molecule has 148 valence electrons. The van der Waals surface area contributed by atoms with Crippen molar-refractivity contribution in [3.05, 3.63) is 35.5 Å². The topological polar surface area (TPSA) is 140 Å². The summed E-state index contributed by atoms with van der Waals surface area (Å²) in [5.74, 6) is -0.429. The van der Waals surface area contributed by atoms with E-state index in [9.17, 15) is 13.2 Å². The molecule has 0 fully saturated rings. The zero-order valence-electron chi connectivity index (χ0n) is 15.7. The molecule has 3 rings (SSSR count). The summed E-state index contributed by atoms with van der Waals surface area (Å²) in [6.45, 7) is 5.52. The average molecular weight is 405 g/mol. The molecule has 11 nitrogen and oxygen atoms in total. The third-order valence-corrected chi connectivity index (χ3v) is 4.95. The predicted molar refractivity (Wildman–Crippen MR) is 99.9 cm³/mol. The largest absolute Gasteiger partial charge is 0.477 e. The second-order valence-corrected chi connectivity index (χ2v) is 7.57. The Labute approximate surface area is 161 Å². The number of hydrogen-bond donors (Lipinski definition) is 2. The van der Waals surface area contributed by atoms with Gasteiger partial charge in [0.25, 0.3) is 21.1 Å². The maximum atomic E-state index is 12.7. The van der Waals surface area contributed by atoms with Crippen molar-refractivity contribution in [3.8, 4) is 5.88 Å². The van der Waals surface area contributed by atoms with E-state index < -0.39 is 21.1 Å². The molecule has 0 aliphatic rings. The van der Waals surface area contributed by atoms with Crippen molar-refractivity contribution in [1.29, 1.82) is 0 Å². The third-order valence-electron chi connectivity index (χ3n) is 3.73. The van der Waals surface area contributed by atoms with Crippen molar-refractivity contribution >= 4 is 27.4 Å². The average Bonchev–Trinajstić information content (AvgIpc) is 3.02. The van der Waals surface area contributed by atoms with Crippen molar-refractivity contribution in [2.75, 3.05) is 19.0 Å². The summed E-state index contributed by atoms with van der Waals surface area (Å²) >= 11 is 0. The molecular formula is C16H19N7O4S. The number of nitrogens with one attached hydrogen (secondary N) is 2. The molecule has 1 amide bonds. The van der Waals surface area contributed by atoms with Crippen LogP contribution in [-0.2, 0) is 10.0 Å². The predicted octanol–water partition coefficient (Wildman–Crippen LogP) is 0.695. The van der Waals surface area contributed by atoms with E-state index >= 15 is 0 Å². The Hall–Kier alpha value is -3.12. The monoisotopic (exact) mass is 405 g/mol. The van der Waals surface area contributed by atoms with Crippen LogP contribution in [0, 0.1) is 13.8 Å². The van der Waals surface area contributed by atoms with E-state index in [4.69, 9.17) is 4.74 Å². The van der Waals surface area contributed by atoms with Crippen LogP contribution in [0.1, 0.15) is 28.7 Å². The van der Waals surface area contributed by atoms with E-state index in [1.165, 1.54) is 7.05 Å². The van der Waals surface area contributed by atoms with Crippen LogP contribution in [0.15, 0.2) is 23.7 Å². The van der Waals surface area contributed by atoms with Crippen LogP contribution in [-0.4, -0.2) is 52.3 Å². The Balaban J connectivity index is 1.95. The van der Waals surface area contributed by atoms with Gasteiger partial charge in [-0.3, -0.25) is 4.79 Å². The highest BCUT2D eigenvalue weighted by Gasteiger charge is 2.22. The molecule has 0 bridgehead atoms. The lowest BCUT2D eigenvalue weighted by Crippen LogP contribution is -2.23. The summed E-state index contributed by atoms with van der Waals surface area (Å²) < 4.78 is 33.0. The molecule has 12 heteroatoms. The lowest BCUT2D eigenvalue weighted by atomic mass is 10.3. The maximum Gasteiger partial charge on any atom is 0.276 e. The molecule has 3 heterocycles. The second-order valence-electron chi connectivity index (χ2n) is 5.79. The Morgan fingerprint density at radius 1 is 1.21 bits per heavy atom. The van der Waals surface area contributed by atoms with Gasteiger partial charge in [-0.25, -0.2) is 28.1 Å². The zero-order valence-corrected chi connectivity index (χ0v) is 16.5. The van der Waals surface area contributed by atoms with Gasteiger partial charge in [0, 0.05) is 12.4 Å². The lowest BCUT2D eigenvalue weighted by molar-refractivity contribution is 0.102. The van der Waals surface area contributed by atoms with Crippen molar-refractivity contribution in [2.24, 2.45) is 0 Å². The van der Waals surface area contributed by atoms with Gasteiger partial charge < -0.3 is 14.5 Å². The smallest absolute Gasteiger partial charge is 0.276 e. The summed E-state index contributed by atoms with van der Waals surface area (Å²) in [5, 5.41) is 2.16. The fraction of sp³-hybridized carbons (Fsp3) is 0.312. The number of fused-ring (bicyclic) bond motifs is 1. The van der Waals surface area contributed by atoms with Gasteiger partial charge in [0.15, 0.2) is 5.65 Å². The van der Waals surface area contributed by atoms with Crippen molar-refractivity contribution in [1.82, 2.24) is 29.1 Å². The molecule has 0 saturated carbocycles. The number of carbonyl (C=O) groups excluding carboxylic acids is 1. The van der Waals surface area contributed by atoms with Crippen LogP contribution < -0.4 is 14.8 Å². The summed E-state index contributed by atoms with van der Waals surface area (Å²) in [6.07, 6.45) is 4.54. The van der Waals surface area contributed by atoms with Gasteiger partial charge in [0.2, 0.25) is 5.88 Å². The number of hydrogen-bond acceptors (Lipinski definition) is 8. The first-order valence-electron chi connectivity index (χ1n) is 8.33. The van der Waals surface area contributed by atoms with E-state index in [0.717, 1.165) is 11.9 Å². The molecule has 0 unspecified atom stereocenters. The highest BCUT2D eigenvalue weighted by atomic mass is 32.2. The molecule has 3 aromatic rings. The van der Waals surface area contributed by atoms with Gasteiger partial charge in [-0.05, 0) is 27.8 Å². The lowest BCUT2D eigenvalue weighted by Gasteiger charge is -2.11. The maximum absolute atomic E-state index is 12.7. The second kappa shape index (κ2) is 7.48. The number of sulfonamides is 1. The molecule has 0 radical (unpaired) electrons. The molecular weight excluding hydrogens is 386 g/mol. The summed E-state index contributed by atoms with van der Waals surface area (Å²) in [7, 11) is -2.64. The van der Waals surface area contributed by atoms with Crippen LogP contribution >= 0.6 is 0 Å². The van der Waals surface area contributed by atoms with Crippen molar-refractivity contribution in [2.45, 2.75) is 25.9 Å². The molecule has 28 heavy (non-hydrogen) atoms. The first-order valence-corrected chi connectivity index (χ1v) is 9.81. The minimum absolute atomic E-state index is 0.0155. The standard InChI is InChI=1S/C16H19N7O4S/c1-5-27-15-11(6-18-16(22-15)28(25,26)17-4)14(24)21-12-8-23-7-9(2)19-13(23)10(3)20-12/h6-8,17H,5H2,1-4H3,(H,21,24). The Morgan fingerprint density at radius 2 is 1.96 bits per heavy atom. The highest BCUT2D eigenvalue weighted by Crippen LogP contribution is 2.19. The van der Waals surface area contributed by atoms with Crippen LogP contribution in [0.25, 0.3) is 5.65 Å².